The van der Waals surface area contributed by atoms with Crippen LogP contribution in [0.3, 0.4) is 0 Å². The molecule has 0 aliphatic carbocycles. The molecule has 1 N–H and O–H groups in total. The predicted octanol–water partition coefficient (Wildman–Crippen LogP) is 2.86. The van der Waals surface area contributed by atoms with Gasteiger partial charge >= 0.3 is 0 Å². The van der Waals surface area contributed by atoms with Gasteiger partial charge < -0.3 is 19.3 Å². The molecule has 0 aliphatic rings. The second kappa shape index (κ2) is 6.43. The van der Waals surface area contributed by atoms with Gasteiger partial charge in [0.1, 0.15) is 0 Å². The number of nitrogens with one attached hydrogen (secondary N) is 1. The van der Waals surface area contributed by atoms with Crippen LogP contribution >= 0.6 is 0 Å². The van der Waals surface area contributed by atoms with E-state index >= 15 is 0 Å². The molecule has 0 saturated carbocycles. The Morgan fingerprint density at radius 2 is 1.90 bits per heavy atom. The summed E-state index contributed by atoms with van der Waals surface area (Å²) in [5.74, 6) is 2.08. The summed E-state index contributed by atoms with van der Waals surface area (Å²) in [5.41, 5.74) is 1.79. The smallest absolute Gasteiger partial charge is 0.167 e. The van der Waals surface area contributed by atoms with Crippen LogP contribution in [0.4, 0.5) is 0 Å². The Balaban J connectivity index is 2.19. The standard InChI is InChI=1S/C15H20N2O3/c1-10(2)16-9-12-8-14(20-17-12)11-5-6-13(18-3)15(7-11)19-4/h5-8,10,16H,9H2,1-4H3. The Bertz CT molecular complexity index is 564. The van der Waals surface area contributed by atoms with Gasteiger partial charge in [-0.3, -0.25) is 0 Å². The highest BCUT2D eigenvalue weighted by Crippen LogP contribution is 2.32. The highest BCUT2D eigenvalue weighted by molar-refractivity contribution is 5.62. The first-order chi connectivity index (χ1) is 9.63. The van der Waals surface area contributed by atoms with Gasteiger partial charge in [0.2, 0.25) is 0 Å². The van der Waals surface area contributed by atoms with Gasteiger partial charge in [0.25, 0.3) is 0 Å². The van der Waals surface area contributed by atoms with Crippen LogP contribution in [0.15, 0.2) is 28.8 Å². The second-order valence-corrected chi connectivity index (χ2v) is 4.79. The maximum atomic E-state index is 5.37. The molecule has 5 heteroatoms. The van der Waals surface area contributed by atoms with Crippen molar-refractivity contribution in [2.75, 3.05) is 14.2 Å². The number of ether oxygens (including phenoxy) is 2. The lowest BCUT2D eigenvalue weighted by Gasteiger charge is -2.07. The van der Waals surface area contributed by atoms with Gasteiger partial charge in [-0.25, -0.2) is 0 Å². The van der Waals surface area contributed by atoms with E-state index in [9.17, 15) is 0 Å². The molecule has 0 spiro atoms. The van der Waals surface area contributed by atoms with E-state index in [-0.39, 0.29) is 0 Å². The zero-order valence-electron chi connectivity index (χ0n) is 12.3. The van der Waals surface area contributed by atoms with Crippen molar-refractivity contribution in [3.05, 3.63) is 30.0 Å². The van der Waals surface area contributed by atoms with E-state index in [1.54, 1.807) is 14.2 Å². The molecule has 0 amide bonds. The number of hydrogen-bond acceptors (Lipinski definition) is 5. The van der Waals surface area contributed by atoms with Crippen LogP contribution in [-0.2, 0) is 6.54 Å². The summed E-state index contributed by atoms with van der Waals surface area (Å²) >= 11 is 0. The quantitative estimate of drug-likeness (QED) is 0.879. The van der Waals surface area contributed by atoms with Gasteiger partial charge in [0, 0.05) is 24.2 Å². The molecule has 0 saturated heterocycles. The maximum Gasteiger partial charge on any atom is 0.167 e. The van der Waals surface area contributed by atoms with E-state index in [1.165, 1.54) is 0 Å². The fourth-order valence-corrected chi connectivity index (χ4v) is 1.83. The molecule has 0 bridgehead atoms. The van der Waals surface area contributed by atoms with Crippen molar-refractivity contribution in [2.45, 2.75) is 26.4 Å². The van der Waals surface area contributed by atoms with Crippen LogP contribution < -0.4 is 14.8 Å². The first-order valence-corrected chi connectivity index (χ1v) is 6.55. The van der Waals surface area contributed by atoms with Gasteiger partial charge in [-0.05, 0) is 18.2 Å². The zero-order valence-corrected chi connectivity index (χ0v) is 12.3. The average Bonchev–Trinajstić information content (AvgIpc) is 2.93. The van der Waals surface area contributed by atoms with E-state index in [0.717, 1.165) is 11.3 Å². The molecule has 0 atom stereocenters. The summed E-state index contributed by atoms with van der Waals surface area (Å²) in [6.07, 6.45) is 0. The van der Waals surface area contributed by atoms with E-state index in [4.69, 9.17) is 14.0 Å². The highest BCUT2D eigenvalue weighted by atomic mass is 16.5. The molecule has 1 heterocycles. The normalized spacial score (nSPS) is 10.8. The fourth-order valence-electron chi connectivity index (χ4n) is 1.83. The van der Waals surface area contributed by atoms with Crippen molar-refractivity contribution in [1.29, 1.82) is 0 Å². The van der Waals surface area contributed by atoms with E-state index in [1.807, 2.05) is 24.3 Å². The SMILES string of the molecule is COc1ccc(-c2cc(CNC(C)C)no2)cc1OC. The predicted molar refractivity (Wildman–Crippen MR) is 77.0 cm³/mol. The topological polar surface area (TPSA) is 56.5 Å². The molecule has 0 radical (unpaired) electrons. The molecular weight excluding hydrogens is 256 g/mol. The summed E-state index contributed by atoms with van der Waals surface area (Å²) in [4.78, 5) is 0. The molecule has 1 aromatic carbocycles. The molecule has 5 nitrogen and oxygen atoms in total. The Hall–Kier alpha value is -2.01. The number of benzene rings is 1. The van der Waals surface area contributed by atoms with Crippen LogP contribution in [0, 0.1) is 0 Å². The van der Waals surface area contributed by atoms with Crippen molar-refractivity contribution in [1.82, 2.24) is 10.5 Å². The third kappa shape index (κ3) is 3.30. The summed E-state index contributed by atoms with van der Waals surface area (Å²) in [6.45, 7) is 4.87. The molecule has 2 rings (SSSR count). The van der Waals surface area contributed by atoms with E-state index < -0.39 is 0 Å². The van der Waals surface area contributed by atoms with Gasteiger partial charge in [0.05, 0.1) is 19.9 Å². The molecule has 20 heavy (non-hydrogen) atoms. The van der Waals surface area contributed by atoms with Crippen LogP contribution in [-0.4, -0.2) is 25.4 Å². The minimum atomic E-state index is 0.413. The summed E-state index contributed by atoms with van der Waals surface area (Å²) < 4.78 is 15.9. The lowest BCUT2D eigenvalue weighted by molar-refractivity contribution is 0.355. The average molecular weight is 276 g/mol. The Morgan fingerprint density at radius 1 is 1.15 bits per heavy atom. The van der Waals surface area contributed by atoms with Gasteiger partial charge in [-0.15, -0.1) is 0 Å². The van der Waals surface area contributed by atoms with E-state index in [2.05, 4.69) is 24.3 Å². The number of rotatable bonds is 6. The largest absolute Gasteiger partial charge is 0.493 e. The van der Waals surface area contributed by atoms with Gasteiger partial charge in [-0.1, -0.05) is 19.0 Å². The first-order valence-electron chi connectivity index (χ1n) is 6.55. The van der Waals surface area contributed by atoms with Crippen molar-refractivity contribution in [2.24, 2.45) is 0 Å². The number of hydrogen-bond donors (Lipinski definition) is 1. The minimum absolute atomic E-state index is 0.413. The zero-order chi connectivity index (χ0) is 14.5. The van der Waals surface area contributed by atoms with Crippen LogP contribution in [0.25, 0.3) is 11.3 Å². The monoisotopic (exact) mass is 276 g/mol. The third-order valence-electron chi connectivity index (χ3n) is 2.92. The Kier molecular flexibility index (Phi) is 4.63. The second-order valence-electron chi connectivity index (χ2n) is 4.79. The first kappa shape index (κ1) is 14.4. The lowest BCUT2D eigenvalue weighted by Crippen LogP contribution is -2.21. The lowest BCUT2D eigenvalue weighted by atomic mass is 10.1. The van der Waals surface area contributed by atoms with Crippen molar-refractivity contribution >= 4 is 0 Å². The van der Waals surface area contributed by atoms with Gasteiger partial charge in [-0.2, -0.15) is 0 Å². The maximum absolute atomic E-state index is 5.37. The fraction of sp³-hybridized carbons (Fsp3) is 0.400. The van der Waals surface area contributed by atoms with Gasteiger partial charge in [0.15, 0.2) is 17.3 Å². The highest BCUT2D eigenvalue weighted by Gasteiger charge is 2.11. The summed E-state index contributed by atoms with van der Waals surface area (Å²) in [6, 6.07) is 7.98. The van der Waals surface area contributed by atoms with Crippen molar-refractivity contribution in [3.63, 3.8) is 0 Å². The molecule has 0 aliphatic heterocycles. The van der Waals surface area contributed by atoms with Crippen LogP contribution in [0.2, 0.25) is 0 Å². The van der Waals surface area contributed by atoms with E-state index in [0.29, 0.717) is 29.8 Å². The molecule has 2 aromatic rings. The molecular formula is C15H20N2O3. The van der Waals surface area contributed by atoms with Crippen molar-refractivity contribution < 1.29 is 14.0 Å². The summed E-state index contributed by atoms with van der Waals surface area (Å²) in [7, 11) is 3.22. The Morgan fingerprint density at radius 3 is 2.55 bits per heavy atom. The van der Waals surface area contributed by atoms with Crippen molar-refractivity contribution in [3.8, 4) is 22.8 Å². The number of methoxy groups -OCH3 is 2. The third-order valence-corrected chi connectivity index (χ3v) is 2.92. The summed E-state index contributed by atoms with van der Waals surface area (Å²) in [5, 5.41) is 7.35. The number of nitrogens with zero attached hydrogens (tertiary/aromatic N) is 1. The van der Waals surface area contributed by atoms with Crippen LogP contribution in [0.5, 0.6) is 11.5 Å². The number of aromatic nitrogens is 1. The molecule has 108 valence electrons. The molecule has 0 fully saturated rings. The minimum Gasteiger partial charge on any atom is -0.493 e. The Labute approximate surface area is 118 Å². The molecule has 0 unspecified atom stereocenters. The van der Waals surface area contributed by atoms with Crippen LogP contribution in [0.1, 0.15) is 19.5 Å². The molecule has 1 aromatic heterocycles.